The molecule has 4 nitrogen and oxygen atoms in total. The summed E-state index contributed by atoms with van der Waals surface area (Å²) in [4.78, 5) is 12.0. The molecule has 2 aromatic carbocycles. The normalized spacial score (nSPS) is 10.3. The maximum absolute atomic E-state index is 12.0. The van der Waals surface area contributed by atoms with Gasteiger partial charge in [-0.05, 0) is 35.9 Å². The molecule has 0 unspecified atom stereocenters. The topological polar surface area (TPSA) is 70.3 Å². The van der Waals surface area contributed by atoms with Gasteiger partial charge in [-0.3, -0.25) is 4.79 Å². The number of rotatable bonds is 4. The number of allylic oxidation sites excluding steroid dienone is 1. The summed E-state index contributed by atoms with van der Waals surface area (Å²) in [6.45, 7) is 0. The van der Waals surface area contributed by atoms with E-state index in [1.165, 1.54) is 25.3 Å². The van der Waals surface area contributed by atoms with E-state index in [9.17, 15) is 9.90 Å². The van der Waals surface area contributed by atoms with Gasteiger partial charge in [0.05, 0.1) is 18.7 Å². The van der Waals surface area contributed by atoms with Crippen molar-refractivity contribution in [3.8, 4) is 17.6 Å². The molecule has 104 valence electrons. The van der Waals surface area contributed by atoms with Crippen molar-refractivity contribution in [3.05, 3.63) is 65.2 Å². The summed E-state index contributed by atoms with van der Waals surface area (Å²) < 4.78 is 4.95. The van der Waals surface area contributed by atoms with Gasteiger partial charge < -0.3 is 9.84 Å². The first-order valence-electron chi connectivity index (χ1n) is 6.23. The van der Waals surface area contributed by atoms with Crippen LogP contribution in [0.2, 0.25) is 0 Å². The highest BCUT2D eigenvalue weighted by Gasteiger charge is 2.04. The Balaban J connectivity index is 2.19. The highest BCUT2D eigenvalue weighted by molar-refractivity contribution is 6.07. The molecule has 0 radical (unpaired) electrons. The predicted molar refractivity (Wildman–Crippen MR) is 79.2 cm³/mol. The van der Waals surface area contributed by atoms with Crippen LogP contribution in [-0.2, 0) is 0 Å². The lowest BCUT2D eigenvalue weighted by Crippen LogP contribution is -1.94. The number of hydrogen-bond acceptors (Lipinski definition) is 4. The molecule has 4 heteroatoms. The van der Waals surface area contributed by atoms with Crippen LogP contribution in [0.15, 0.2) is 48.5 Å². The van der Waals surface area contributed by atoms with Crippen molar-refractivity contribution in [1.29, 1.82) is 5.26 Å². The Morgan fingerprint density at radius 1 is 1.29 bits per heavy atom. The summed E-state index contributed by atoms with van der Waals surface area (Å²) in [7, 11) is 1.47. The third kappa shape index (κ3) is 3.48. The molecular weight excluding hydrogens is 266 g/mol. The molecule has 21 heavy (non-hydrogen) atoms. The van der Waals surface area contributed by atoms with E-state index in [-0.39, 0.29) is 11.5 Å². The molecule has 0 fully saturated rings. The highest BCUT2D eigenvalue weighted by atomic mass is 16.5. The Labute approximate surface area is 122 Å². The third-order valence-electron chi connectivity index (χ3n) is 2.91. The Bertz CT molecular complexity index is 742. The minimum atomic E-state index is -0.206. The van der Waals surface area contributed by atoms with E-state index in [4.69, 9.17) is 10.00 Å². The van der Waals surface area contributed by atoms with Gasteiger partial charge in [0.25, 0.3) is 0 Å². The maximum atomic E-state index is 12.0. The first kappa shape index (κ1) is 14.4. The van der Waals surface area contributed by atoms with Crippen LogP contribution in [0.3, 0.4) is 0 Å². The van der Waals surface area contributed by atoms with Gasteiger partial charge in [-0.15, -0.1) is 0 Å². The van der Waals surface area contributed by atoms with Gasteiger partial charge in [-0.2, -0.15) is 5.26 Å². The fraction of sp³-hybridized carbons (Fsp3) is 0.0588. The number of phenols is 1. The lowest BCUT2D eigenvalue weighted by molar-refractivity contribution is 0.104. The molecule has 0 aliphatic rings. The Hall–Kier alpha value is -3.06. The zero-order valence-electron chi connectivity index (χ0n) is 11.4. The average Bonchev–Trinajstić information content (AvgIpc) is 2.52. The number of ether oxygens (including phenoxy) is 1. The molecule has 0 aliphatic heterocycles. The minimum absolute atomic E-state index is 0.0126. The van der Waals surface area contributed by atoms with Gasteiger partial charge in [0, 0.05) is 5.56 Å². The molecule has 0 atom stereocenters. The standard InChI is InChI=1S/C17H13NO3/c1-21-17-8-6-12(10-16(17)20)5-7-15(19)14-4-2-3-13(9-14)11-18/h2-10,20H,1H3. The molecule has 0 saturated heterocycles. The summed E-state index contributed by atoms with van der Waals surface area (Å²) in [5.74, 6) is 0.182. The van der Waals surface area contributed by atoms with Crippen LogP contribution in [0, 0.1) is 11.3 Å². The van der Waals surface area contributed by atoms with E-state index >= 15 is 0 Å². The fourth-order valence-electron chi connectivity index (χ4n) is 1.82. The third-order valence-corrected chi connectivity index (χ3v) is 2.91. The summed E-state index contributed by atoms with van der Waals surface area (Å²) in [6, 6.07) is 13.4. The maximum Gasteiger partial charge on any atom is 0.185 e. The quantitative estimate of drug-likeness (QED) is 0.689. The number of aromatic hydroxyl groups is 1. The summed E-state index contributed by atoms with van der Waals surface area (Å²) in [6.07, 6.45) is 3.00. The van der Waals surface area contributed by atoms with Crippen LogP contribution >= 0.6 is 0 Å². The lowest BCUT2D eigenvalue weighted by atomic mass is 10.1. The summed E-state index contributed by atoms with van der Waals surface area (Å²) in [5.41, 5.74) is 1.57. The van der Waals surface area contributed by atoms with Crippen LogP contribution in [0.1, 0.15) is 21.5 Å². The number of nitriles is 1. The van der Waals surface area contributed by atoms with Crippen molar-refractivity contribution in [2.75, 3.05) is 7.11 Å². The van der Waals surface area contributed by atoms with Crippen molar-refractivity contribution >= 4 is 11.9 Å². The molecule has 0 heterocycles. The van der Waals surface area contributed by atoms with Gasteiger partial charge in [-0.1, -0.05) is 24.3 Å². The molecule has 0 amide bonds. The largest absolute Gasteiger partial charge is 0.504 e. The number of ketones is 1. The molecule has 0 bridgehead atoms. The van der Waals surface area contributed by atoms with Crippen molar-refractivity contribution in [1.82, 2.24) is 0 Å². The number of phenolic OH excluding ortho intramolecular Hbond substituents is 1. The molecular formula is C17H13NO3. The summed E-state index contributed by atoms with van der Waals surface area (Å²) >= 11 is 0. The number of benzene rings is 2. The van der Waals surface area contributed by atoms with Crippen molar-refractivity contribution in [2.45, 2.75) is 0 Å². The van der Waals surface area contributed by atoms with E-state index in [2.05, 4.69) is 0 Å². The van der Waals surface area contributed by atoms with Crippen LogP contribution < -0.4 is 4.74 Å². The van der Waals surface area contributed by atoms with E-state index in [1.807, 2.05) is 6.07 Å². The molecule has 2 aromatic rings. The Kier molecular flexibility index (Phi) is 4.37. The van der Waals surface area contributed by atoms with Crippen LogP contribution in [0.25, 0.3) is 6.08 Å². The number of hydrogen-bond donors (Lipinski definition) is 1. The molecule has 0 saturated carbocycles. The van der Waals surface area contributed by atoms with E-state index < -0.39 is 0 Å². The first-order valence-corrected chi connectivity index (χ1v) is 6.23. The van der Waals surface area contributed by atoms with E-state index in [1.54, 1.807) is 36.4 Å². The second kappa shape index (κ2) is 6.40. The van der Waals surface area contributed by atoms with Crippen LogP contribution in [-0.4, -0.2) is 18.0 Å². The lowest BCUT2D eigenvalue weighted by Gasteiger charge is -2.03. The molecule has 0 spiro atoms. The van der Waals surface area contributed by atoms with Crippen LogP contribution in [0.5, 0.6) is 11.5 Å². The van der Waals surface area contributed by atoms with Crippen LogP contribution in [0.4, 0.5) is 0 Å². The summed E-state index contributed by atoms with van der Waals surface area (Å²) in [5, 5.41) is 18.5. The Morgan fingerprint density at radius 3 is 2.76 bits per heavy atom. The first-order chi connectivity index (χ1) is 10.1. The monoisotopic (exact) mass is 279 g/mol. The van der Waals surface area contributed by atoms with Gasteiger partial charge in [0.1, 0.15) is 0 Å². The Morgan fingerprint density at radius 2 is 2.10 bits per heavy atom. The van der Waals surface area contributed by atoms with Crippen molar-refractivity contribution in [3.63, 3.8) is 0 Å². The van der Waals surface area contributed by atoms with Crippen molar-refractivity contribution < 1.29 is 14.6 Å². The zero-order valence-corrected chi connectivity index (χ0v) is 11.4. The molecule has 0 aliphatic carbocycles. The van der Waals surface area contributed by atoms with Crippen molar-refractivity contribution in [2.24, 2.45) is 0 Å². The molecule has 2 rings (SSSR count). The van der Waals surface area contributed by atoms with Gasteiger partial charge in [0.2, 0.25) is 0 Å². The van der Waals surface area contributed by atoms with E-state index in [0.717, 1.165) is 0 Å². The second-order valence-electron chi connectivity index (χ2n) is 4.32. The van der Waals surface area contributed by atoms with Gasteiger partial charge in [0.15, 0.2) is 17.3 Å². The fourth-order valence-corrected chi connectivity index (χ4v) is 1.82. The molecule has 0 aromatic heterocycles. The van der Waals surface area contributed by atoms with Gasteiger partial charge >= 0.3 is 0 Å². The average molecular weight is 279 g/mol. The molecule has 1 N–H and O–H groups in total. The van der Waals surface area contributed by atoms with E-state index in [0.29, 0.717) is 22.4 Å². The smallest absolute Gasteiger partial charge is 0.185 e. The highest BCUT2D eigenvalue weighted by Crippen LogP contribution is 2.26. The second-order valence-corrected chi connectivity index (χ2v) is 4.32. The number of methoxy groups -OCH3 is 1. The zero-order chi connectivity index (χ0) is 15.2. The van der Waals surface area contributed by atoms with Gasteiger partial charge in [-0.25, -0.2) is 0 Å². The number of carbonyl (C=O) groups excluding carboxylic acids is 1. The predicted octanol–water partition coefficient (Wildman–Crippen LogP) is 3.17. The SMILES string of the molecule is COc1ccc(C=CC(=O)c2cccc(C#N)c2)cc1O. The number of carbonyl (C=O) groups is 1. The number of nitrogens with zero attached hydrogens (tertiary/aromatic N) is 1. The minimum Gasteiger partial charge on any atom is -0.504 e.